The number of anilines is 6. The van der Waals surface area contributed by atoms with Crippen LogP contribution >= 0.6 is 0 Å². The van der Waals surface area contributed by atoms with Crippen LogP contribution < -0.4 is 15.5 Å². The third-order valence-electron chi connectivity index (χ3n) is 5.40. The molecule has 0 fully saturated rings. The van der Waals surface area contributed by atoms with Gasteiger partial charge in [0.15, 0.2) is 0 Å². The molecule has 0 aliphatic carbocycles. The van der Waals surface area contributed by atoms with E-state index in [4.69, 9.17) is 0 Å². The molecule has 3 aromatic rings. The molecule has 0 spiro atoms. The molecule has 110 valence electrons. The van der Waals surface area contributed by atoms with E-state index in [1.807, 2.05) is 0 Å². The summed E-state index contributed by atoms with van der Waals surface area (Å²) in [7, 11) is 2.16. The molecule has 3 aliphatic rings. The van der Waals surface area contributed by atoms with Crippen molar-refractivity contribution in [1.29, 1.82) is 0 Å². The van der Waals surface area contributed by atoms with Crippen LogP contribution in [-0.4, -0.2) is 7.05 Å². The zero-order chi connectivity index (χ0) is 15.1. The Kier molecular flexibility index (Phi) is 1.86. The van der Waals surface area contributed by atoms with E-state index in [-0.39, 0.29) is 0 Å². The second-order valence-electron chi connectivity index (χ2n) is 6.49. The molecule has 3 nitrogen and oxygen atoms in total. The van der Waals surface area contributed by atoms with Crippen molar-refractivity contribution in [3.05, 3.63) is 71.3 Å². The minimum atomic E-state index is 0.317. The largest absolute Gasteiger partial charge is 0.355 e. The van der Waals surface area contributed by atoms with Gasteiger partial charge in [-0.2, -0.15) is 0 Å². The lowest BCUT2D eigenvalue weighted by atomic mass is 9.74. The van der Waals surface area contributed by atoms with Gasteiger partial charge >= 0.3 is 0 Å². The van der Waals surface area contributed by atoms with E-state index in [1.54, 1.807) is 0 Å². The summed E-state index contributed by atoms with van der Waals surface area (Å²) in [5.74, 6) is 0.317. The molecule has 0 radical (unpaired) electrons. The van der Waals surface area contributed by atoms with Crippen LogP contribution in [0.5, 0.6) is 0 Å². The van der Waals surface area contributed by atoms with Crippen molar-refractivity contribution < 1.29 is 0 Å². The van der Waals surface area contributed by atoms with Crippen LogP contribution in [0.25, 0.3) is 0 Å². The third-order valence-corrected chi connectivity index (χ3v) is 5.40. The van der Waals surface area contributed by atoms with Gasteiger partial charge in [0, 0.05) is 63.8 Å². The first kappa shape index (κ1) is 11.6. The molecule has 3 heterocycles. The molecule has 0 amide bonds. The molecule has 0 unspecified atom stereocenters. The summed E-state index contributed by atoms with van der Waals surface area (Å²) in [4.78, 5) is 2.32. The molecule has 0 saturated heterocycles. The molecule has 0 bridgehead atoms. The molecule has 0 atom stereocenters. The zero-order valence-electron chi connectivity index (χ0n) is 12.7. The van der Waals surface area contributed by atoms with Crippen LogP contribution in [0.3, 0.4) is 0 Å². The molecule has 3 aromatic carbocycles. The summed E-state index contributed by atoms with van der Waals surface area (Å²) in [6.45, 7) is 0. The highest BCUT2D eigenvalue weighted by Gasteiger charge is 2.40. The Morgan fingerprint density at radius 2 is 1.09 bits per heavy atom. The summed E-state index contributed by atoms with van der Waals surface area (Å²) in [6, 6.07) is 19.6. The molecule has 3 aliphatic heterocycles. The van der Waals surface area contributed by atoms with Crippen molar-refractivity contribution in [2.75, 3.05) is 22.6 Å². The van der Waals surface area contributed by atoms with Gasteiger partial charge in [-0.3, -0.25) is 0 Å². The van der Waals surface area contributed by atoms with Gasteiger partial charge in [0.05, 0.1) is 0 Å². The number of benzene rings is 3. The first-order valence-electron chi connectivity index (χ1n) is 7.99. The van der Waals surface area contributed by atoms with Gasteiger partial charge in [0.2, 0.25) is 0 Å². The van der Waals surface area contributed by atoms with Crippen molar-refractivity contribution in [2.45, 2.75) is 5.92 Å². The Morgan fingerprint density at radius 3 is 1.61 bits per heavy atom. The Morgan fingerprint density at radius 1 is 0.652 bits per heavy atom. The first-order valence-corrected chi connectivity index (χ1v) is 7.99. The van der Waals surface area contributed by atoms with E-state index in [9.17, 15) is 0 Å². The number of nitrogens with one attached hydrogen (secondary N) is 2. The second-order valence-corrected chi connectivity index (χ2v) is 6.49. The molecule has 23 heavy (non-hydrogen) atoms. The maximum atomic E-state index is 3.63. The van der Waals surface area contributed by atoms with Crippen LogP contribution in [0.2, 0.25) is 0 Å². The van der Waals surface area contributed by atoms with Crippen LogP contribution in [0.15, 0.2) is 54.6 Å². The Labute approximate surface area is 134 Å². The van der Waals surface area contributed by atoms with E-state index in [0.717, 1.165) is 0 Å². The highest BCUT2D eigenvalue weighted by atomic mass is 15.1. The van der Waals surface area contributed by atoms with Gasteiger partial charge in [0.25, 0.3) is 0 Å². The summed E-state index contributed by atoms with van der Waals surface area (Å²) in [5.41, 5.74) is 11.7. The monoisotopic (exact) mass is 297 g/mol. The summed E-state index contributed by atoms with van der Waals surface area (Å²) in [6.07, 6.45) is 0. The number of hydrogen-bond donors (Lipinski definition) is 2. The Hall–Kier alpha value is -2.94. The average molecular weight is 297 g/mol. The van der Waals surface area contributed by atoms with Gasteiger partial charge in [-0.1, -0.05) is 18.2 Å². The van der Waals surface area contributed by atoms with E-state index in [2.05, 4.69) is 77.2 Å². The SMILES string of the molecule is CN1c2cccc3c2C2c4c(cccc4Nc4cccc1c42)N3. The summed E-state index contributed by atoms with van der Waals surface area (Å²) < 4.78 is 0. The quantitative estimate of drug-likeness (QED) is 0.418. The normalized spacial score (nSPS) is 15.6. The fourth-order valence-electron chi connectivity index (χ4n) is 4.46. The van der Waals surface area contributed by atoms with E-state index in [1.165, 1.54) is 50.8 Å². The van der Waals surface area contributed by atoms with Crippen LogP contribution in [-0.2, 0) is 0 Å². The van der Waals surface area contributed by atoms with E-state index in [0.29, 0.717) is 5.92 Å². The summed E-state index contributed by atoms with van der Waals surface area (Å²) >= 11 is 0. The Bertz CT molecular complexity index is 930. The van der Waals surface area contributed by atoms with Crippen LogP contribution in [0, 0.1) is 0 Å². The minimum Gasteiger partial charge on any atom is -0.355 e. The van der Waals surface area contributed by atoms with Crippen molar-refractivity contribution in [3.8, 4) is 0 Å². The highest BCUT2D eigenvalue weighted by Crippen LogP contribution is 2.60. The van der Waals surface area contributed by atoms with Crippen molar-refractivity contribution in [1.82, 2.24) is 0 Å². The average Bonchev–Trinajstić information content (AvgIpc) is 2.59. The third kappa shape index (κ3) is 1.23. The maximum absolute atomic E-state index is 3.63. The first-order chi connectivity index (χ1) is 11.3. The van der Waals surface area contributed by atoms with E-state index >= 15 is 0 Å². The number of hydrogen-bond acceptors (Lipinski definition) is 3. The van der Waals surface area contributed by atoms with Crippen molar-refractivity contribution in [3.63, 3.8) is 0 Å². The second kappa shape index (κ2) is 3.69. The molecule has 3 heteroatoms. The fraction of sp³-hybridized carbons (Fsp3) is 0.100. The van der Waals surface area contributed by atoms with Gasteiger partial charge < -0.3 is 15.5 Å². The van der Waals surface area contributed by atoms with Gasteiger partial charge in [-0.05, 0) is 36.4 Å². The Balaban J connectivity index is 1.81. The lowest BCUT2D eigenvalue weighted by Gasteiger charge is -2.44. The van der Waals surface area contributed by atoms with Crippen LogP contribution in [0.1, 0.15) is 22.6 Å². The highest BCUT2D eigenvalue weighted by molar-refractivity contribution is 5.96. The molecule has 0 aromatic heterocycles. The standard InChI is InChI=1S/C20H15N3/c1-23-15-9-3-7-13-18(15)20-17-11(21-13)5-2-6-12(17)22-14-8-4-10-16(23)19(14)20/h2-10,20-22H,1H3. The van der Waals surface area contributed by atoms with Crippen molar-refractivity contribution >= 4 is 34.1 Å². The smallest absolute Gasteiger partial charge is 0.0471 e. The lowest BCUT2D eigenvalue weighted by molar-refractivity contribution is 0.909. The molecular weight excluding hydrogens is 282 g/mol. The zero-order valence-corrected chi connectivity index (χ0v) is 12.7. The van der Waals surface area contributed by atoms with Gasteiger partial charge in [-0.15, -0.1) is 0 Å². The van der Waals surface area contributed by atoms with E-state index < -0.39 is 0 Å². The molecule has 0 saturated carbocycles. The minimum absolute atomic E-state index is 0.317. The number of nitrogens with zero attached hydrogens (tertiary/aromatic N) is 1. The summed E-state index contributed by atoms with van der Waals surface area (Å²) in [5, 5.41) is 7.27. The predicted molar refractivity (Wildman–Crippen MR) is 94.9 cm³/mol. The van der Waals surface area contributed by atoms with Crippen LogP contribution in [0.4, 0.5) is 34.1 Å². The maximum Gasteiger partial charge on any atom is 0.0471 e. The number of rotatable bonds is 0. The lowest BCUT2D eigenvalue weighted by Crippen LogP contribution is -2.29. The fourth-order valence-corrected chi connectivity index (χ4v) is 4.46. The predicted octanol–water partition coefficient (Wildman–Crippen LogP) is 5.06. The molecule has 2 N–H and O–H groups in total. The molecular formula is C20H15N3. The van der Waals surface area contributed by atoms with Crippen molar-refractivity contribution in [2.24, 2.45) is 0 Å². The topological polar surface area (TPSA) is 27.3 Å². The molecule has 6 rings (SSSR count). The van der Waals surface area contributed by atoms with Gasteiger partial charge in [-0.25, -0.2) is 0 Å². The van der Waals surface area contributed by atoms with Gasteiger partial charge in [0.1, 0.15) is 0 Å².